The van der Waals surface area contributed by atoms with Gasteiger partial charge in [0.25, 0.3) is 0 Å². The van der Waals surface area contributed by atoms with Crippen molar-refractivity contribution >= 4 is 5.97 Å². The number of likely N-dealkylation sites (N-methyl/N-ethyl adjacent to an activating group) is 1. The first-order valence-electron chi connectivity index (χ1n) is 6.00. The quantitative estimate of drug-likeness (QED) is 0.797. The van der Waals surface area contributed by atoms with Crippen molar-refractivity contribution in [3.63, 3.8) is 0 Å². The zero-order chi connectivity index (χ0) is 12.4. The Labute approximate surface area is 97.6 Å². The summed E-state index contributed by atoms with van der Waals surface area (Å²) in [5.41, 5.74) is -1.09. The molecule has 0 radical (unpaired) electrons. The molecule has 0 aliphatic carbocycles. The van der Waals surface area contributed by atoms with Crippen LogP contribution in [0.3, 0.4) is 0 Å². The smallest absolute Gasteiger partial charge is 0.324 e. The summed E-state index contributed by atoms with van der Waals surface area (Å²) < 4.78 is 5.62. The van der Waals surface area contributed by atoms with E-state index in [0.717, 1.165) is 13.1 Å². The number of nitrogens with zero attached hydrogens (tertiary/aromatic N) is 1. The molecule has 0 bridgehead atoms. The molecule has 0 aromatic rings. The molecular weight excluding hydrogens is 206 g/mol. The van der Waals surface area contributed by atoms with E-state index in [1.807, 2.05) is 32.6 Å². The van der Waals surface area contributed by atoms with Crippen molar-refractivity contribution in [2.75, 3.05) is 19.7 Å². The molecule has 1 fully saturated rings. The first kappa shape index (κ1) is 13.5. The van der Waals surface area contributed by atoms with Gasteiger partial charge in [0.15, 0.2) is 0 Å². The highest BCUT2D eigenvalue weighted by atomic mass is 16.5. The van der Waals surface area contributed by atoms with Crippen LogP contribution in [0.25, 0.3) is 0 Å². The minimum atomic E-state index is -0.745. The zero-order valence-electron chi connectivity index (χ0n) is 10.7. The van der Waals surface area contributed by atoms with E-state index in [1.54, 1.807) is 0 Å². The standard InChI is InChI=1S/C12H23NO3/c1-5-13(6-2)12(10(14)15)7-8-16-11(3,4)9-12/h5-9H2,1-4H3,(H,14,15). The van der Waals surface area contributed by atoms with Gasteiger partial charge >= 0.3 is 5.97 Å². The van der Waals surface area contributed by atoms with Crippen molar-refractivity contribution in [2.45, 2.75) is 51.7 Å². The normalized spacial score (nSPS) is 29.3. The molecule has 94 valence electrons. The Morgan fingerprint density at radius 3 is 2.31 bits per heavy atom. The van der Waals surface area contributed by atoms with Crippen molar-refractivity contribution in [3.05, 3.63) is 0 Å². The van der Waals surface area contributed by atoms with Gasteiger partial charge in [-0.2, -0.15) is 0 Å². The lowest BCUT2D eigenvalue weighted by Crippen LogP contribution is -2.61. The summed E-state index contributed by atoms with van der Waals surface area (Å²) in [7, 11) is 0. The zero-order valence-corrected chi connectivity index (χ0v) is 10.7. The van der Waals surface area contributed by atoms with Gasteiger partial charge in [-0.15, -0.1) is 0 Å². The van der Waals surface area contributed by atoms with Gasteiger partial charge in [0, 0.05) is 13.0 Å². The highest BCUT2D eigenvalue weighted by Crippen LogP contribution is 2.36. The van der Waals surface area contributed by atoms with Crippen molar-refractivity contribution in [1.82, 2.24) is 4.90 Å². The van der Waals surface area contributed by atoms with E-state index in [2.05, 4.69) is 0 Å². The molecule has 0 amide bonds. The SMILES string of the molecule is CCN(CC)C1(C(=O)O)CCOC(C)(C)C1. The van der Waals surface area contributed by atoms with Crippen LogP contribution in [0.15, 0.2) is 0 Å². The molecule has 1 aliphatic heterocycles. The predicted molar refractivity (Wildman–Crippen MR) is 62.6 cm³/mol. The van der Waals surface area contributed by atoms with Gasteiger partial charge in [-0.05, 0) is 33.4 Å². The van der Waals surface area contributed by atoms with Gasteiger partial charge in [0.05, 0.1) is 5.60 Å². The summed E-state index contributed by atoms with van der Waals surface area (Å²) in [6, 6.07) is 0. The number of carboxylic acid groups (broad SMARTS) is 1. The molecular formula is C12H23NO3. The van der Waals surface area contributed by atoms with Crippen molar-refractivity contribution in [1.29, 1.82) is 0 Å². The molecule has 1 aliphatic rings. The predicted octanol–water partition coefficient (Wildman–Crippen LogP) is 1.74. The Balaban J connectivity index is 3.00. The molecule has 0 aromatic heterocycles. The summed E-state index contributed by atoms with van der Waals surface area (Å²) in [6.07, 6.45) is 1.13. The molecule has 0 saturated carbocycles. The number of aliphatic carboxylic acids is 1. The average Bonchev–Trinajstić information content (AvgIpc) is 2.17. The van der Waals surface area contributed by atoms with E-state index in [0.29, 0.717) is 19.4 Å². The van der Waals surface area contributed by atoms with Gasteiger partial charge in [0.2, 0.25) is 0 Å². The monoisotopic (exact) mass is 229 g/mol. The third-order valence-corrected chi connectivity index (χ3v) is 3.49. The third kappa shape index (κ3) is 2.38. The first-order valence-corrected chi connectivity index (χ1v) is 6.00. The first-order chi connectivity index (χ1) is 7.38. The highest BCUT2D eigenvalue weighted by Gasteiger charge is 2.49. The molecule has 0 spiro atoms. The Morgan fingerprint density at radius 1 is 1.38 bits per heavy atom. The lowest BCUT2D eigenvalue weighted by atomic mass is 9.79. The fourth-order valence-corrected chi connectivity index (χ4v) is 2.76. The van der Waals surface area contributed by atoms with Gasteiger partial charge in [-0.25, -0.2) is 0 Å². The lowest BCUT2D eigenvalue weighted by Gasteiger charge is -2.47. The molecule has 0 aromatic carbocycles. The van der Waals surface area contributed by atoms with Crippen LogP contribution >= 0.6 is 0 Å². The van der Waals surface area contributed by atoms with Crippen LogP contribution in [0.4, 0.5) is 0 Å². The molecule has 1 unspecified atom stereocenters. The maximum Gasteiger partial charge on any atom is 0.324 e. The number of carbonyl (C=O) groups is 1. The van der Waals surface area contributed by atoms with Crippen LogP contribution in [-0.2, 0) is 9.53 Å². The second-order valence-electron chi connectivity index (χ2n) is 5.04. The summed E-state index contributed by atoms with van der Waals surface area (Å²) in [5, 5.41) is 9.56. The largest absolute Gasteiger partial charge is 0.480 e. The summed E-state index contributed by atoms with van der Waals surface area (Å²) in [4.78, 5) is 13.7. The van der Waals surface area contributed by atoms with Gasteiger partial charge in [-0.1, -0.05) is 13.8 Å². The van der Waals surface area contributed by atoms with Crippen LogP contribution in [0.1, 0.15) is 40.5 Å². The Hall–Kier alpha value is -0.610. The molecule has 16 heavy (non-hydrogen) atoms. The molecule has 4 heteroatoms. The second-order valence-corrected chi connectivity index (χ2v) is 5.04. The summed E-state index contributed by atoms with van der Waals surface area (Å²) in [6.45, 7) is 10.0. The molecule has 1 atom stereocenters. The number of hydrogen-bond acceptors (Lipinski definition) is 3. The lowest BCUT2D eigenvalue weighted by molar-refractivity contribution is -0.172. The maximum atomic E-state index is 11.6. The van der Waals surface area contributed by atoms with Gasteiger partial charge in [0.1, 0.15) is 5.54 Å². The Kier molecular flexibility index (Phi) is 3.97. The highest BCUT2D eigenvalue weighted by molar-refractivity contribution is 5.79. The van der Waals surface area contributed by atoms with Crippen LogP contribution < -0.4 is 0 Å². The Bertz CT molecular complexity index is 261. The van der Waals surface area contributed by atoms with E-state index in [9.17, 15) is 9.90 Å². The second kappa shape index (κ2) is 4.72. The average molecular weight is 229 g/mol. The summed E-state index contributed by atoms with van der Waals surface area (Å²) in [5.74, 6) is -0.715. The number of rotatable bonds is 4. The van der Waals surface area contributed by atoms with E-state index in [-0.39, 0.29) is 5.60 Å². The number of ether oxygens (including phenoxy) is 1. The number of hydrogen-bond donors (Lipinski definition) is 1. The molecule has 1 N–H and O–H groups in total. The maximum absolute atomic E-state index is 11.6. The van der Waals surface area contributed by atoms with E-state index in [4.69, 9.17) is 4.74 Å². The van der Waals surface area contributed by atoms with E-state index in [1.165, 1.54) is 0 Å². The molecule has 1 rings (SSSR count). The van der Waals surface area contributed by atoms with Crippen LogP contribution in [-0.4, -0.2) is 46.8 Å². The topological polar surface area (TPSA) is 49.8 Å². The molecule has 1 heterocycles. The van der Waals surface area contributed by atoms with Crippen molar-refractivity contribution in [3.8, 4) is 0 Å². The Morgan fingerprint density at radius 2 is 1.94 bits per heavy atom. The van der Waals surface area contributed by atoms with Crippen molar-refractivity contribution in [2.24, 2.45) is 0 Å². The third-order valence-electron chi connectivity index (χ3n) is 3.49. The van der Waals surface area contributed by atoms with E-state index < -0.39 is 11.5 Å². The minimum Gasteiger partial charge on any atom is -0.480 e. The van der Waals surface area contributed by atoms with Crippen LogP contribution in [0.2, 0.25) is 0 Å². The van der Waals surface area contributed by atoms with E-state index >= 15 is 0 Å². The van der Waals surface area contributed by atoms with Gasteiger partial charge < -0.3 is 9.84 Å². The summed E-state index contributed by atoms with van der Waals surface area (Å²) >= 11 is 0. The van der Waals surface area contributed by atoms with Crippen LogP contribution in [0, 0.1) is 0 Å². The van der Waals surface area contributed by atoms with Crippen LogP contribution in [0.5, 0.6) is 0 Å². The fourth-order valence-electron chi connectivity index (χ4n) is 2.76. The minimum absolute atomic E-state index is 0.348. The fraction of sp³-hybridized carbons (Fsp3) is 0.917. The van der Waals surface area contributed by atoms with Gasteiger partial charge in [-0.3, -0.25) is 9.69 Å². The van der Waals surface area contributed by atoms with Crippen molar-refractivity contribution < 1.29 is 14.6 Å². The molecule has 4 nitrogen and oxygen atoms in total. The molecule has 1 saturated heterocycles. The number of carboxylic acids is 1.